The van der Waals surface area contributed by atoms with Crippen LogP contribution in [0.5, 0.6) is 0 Å². The Labute approximate surface area is 98.7 Å². The van der Waals surface area contributed by atoms with Crippen LogP contribution in [-0.2, 0) is 9.47 Å². The molecule has 0 N–H and O–H groups in total. The van der Waals surface area contributed by atoms with Gasteiger partial charge in [-0.15, -0.1) is 0 Å². The minimum absolute atomic E-state index is 0.0750. The summed E-state index contributed by atoms with van der Waals surface area (Å²) in [4.78, 5) is 11.4. The Morgan fingerprint density at radius 1 is 1.71 bits per heavy atom. The molecule has 0 aromatic carbocycles. The number of ether oxygens (including phenoxy) is 2. The number of hydrogen-bond donors (Lipinski definition) is 0. The maximum atomic E-state index is 11.4. The maximum absolute atomic E-state index is 11.4. The summed E-state index contributed by atoms with van der Waals surface area (Å²) in [6.07, 6.45) is 4.26. The molecule has 2 rings (SSSR count). The number of carbonyl (C=O) groups is 1. The Bertz CT molecular complexity index is 455. The van der Waals surface area contributed by atoms with Gasteiger partial charge in [0.1, 0.15) is 17.9 Å². The van der Waals surface area contributed by atoms with Gasteiger partial charge in [0.15, 0.2) is 5.69 Å². The number of methoxy groups -OCH3 is 1. The van der Waals surface area contributed by atoms with E-state index in [1.807, 2.05) is 6.07 Å². The van der Waals surface area contributed by atoms with Crippen molar-refractivity contribution in [2.75, 3.05) is 13.7 Å². The number of esters is 1. The first kappa shape index (κ1) is 11.6. The number of carbonyl (C=O) groups excluding carboxylic acids is 1. The van der Waals surface area contributed by atoms with Crippen molar-refractivity contribution in [2.45, 2.75) is 25.5 Å². The van der Waals surface area contributed by atoms with Gasteiger partial charge in [-0.2, -0.15) is 10.4 Å². The highest BCUT2D eigenvalue weighted by atomic mass is 16.5. The van der Waals surface area contributed by atoms with Gasteiger partial charge in [-0.1, -0.05) is 0 Å². The van der Waals surface area contributed by atoms with Crippen molar-refractivity contribution < 1.29 is 14.3 Å². The van der Waals surface area contributed by atoms with Crippen LogP contribution in [0.3, 0.4) is 0 Å². The molecular weight excluding hydrogens is 222 g/mol. The van der Waals surface area contributed by atoms with Gasteiger partial charge in [0, 0.05) is 12.8 Å². The lowest BCUT2D eigenvalue weighted by Crippen LogP contribution is -2.18. The van der Waals surface area contributed by atoms with Gasteiger partial charge in [0.05, 0.1) is 7.11 Å². The van der Waals surface area contributed by atoms with E-state index < -0.39 is 5.97 Å². The molecule has 1 aromatic rings. The maximum Gasteiger partial charge on any atom is 0.342 e. The van der Waals surface area contributed by atoms with Crippen molar-refractivity contribution in [1.82, 2.24) is 9.78 Å². The summed E-state index contributed by atoms with van der Waals surface area (Å²) >= 11 is 0. The molecule has 1 aromatic heterocycles. The number of aromatic nitrogens is 2. The summed E-state index contributed by atoms with van der Waals surface area (Å²) in [7, 11) is 1.28. The molecule has 1 fully saturated rings. The van der Waals surface area contributed by atoms with Gasteiger partial charge >= 0.3 is 5.97 Å². The molecular formula is C11H13N3O3. The van der Waals surface area contributed by atoms with E-state index in [0.29, 0.717) is 6.61 Å². The SMILES string of the molecule is COC(=O)c1cn(C2CCCCO2)nc1C#N. The first-order valence-electron chi connectivity index (χ1n) is 5.45. The lowest BCUT2D eigenvalue weighted by atomic mass is 10.2. The van der Waals surface area contributed by atoms with Crippen LogP contribution in [0.1, 0.15) is 41.5 Å². The van der Waals surface area contributed by atoms with Crippen LogP contribution in [0.2, 0.25) is 0 Å². The van der Waals surface area contributed by atoms with Crippen LogP contribution in [-0.4, -0.2) is 29.5 Å². The quantitative estimate of drug-likeness (QED) is 0.721. The van der Waals surface area contributed by atoms with E-state index in [9.17, 15) is 4.79 Å². The molecule has 0 amide bonds. The molecule has 0 bridgehead atoms. The highest BCUT2D eigenvalue weighted by Crippen LogP contribution is 2.23. The molecule has 1 aliphatic heterocycles. The molecule has 0 radical (unpaired) electrons. The van der Waals surface area contributed by atoms with E-state index in [4.69, 9.17) is 10.00 Å². The Morgan fingerprint density at radius 3 is 3.12 bits per heavy atom. The first-order chi connectivity index (χ1) is 8.26. The van der Waals surface area contributed by atoms with Gasteiger partial charge in [0.2, 0.25) is 0 Å². The van der Waals surface area contributed by atoms with Crippen LogP contribution < -0.4 is 0 Å². The van der Waals surface area contributed by atoms with Crippen molar-refractivity contribution in [3.63, 3.8) is 0 Å². The van der Waals surface area contributed by atoms with E-state index >= 15 is 0 Å². The summed E-state index contributed by atoms with van der Waals surface area (Å²) in [5.74, 6) is -0.552. The van der Waals surface area contributed by atoms with Crippen molar-refractivity contribution in [3.05, 3.63) is 17.5 Å². The molecule has 1 unspecified atom stereocenters. The van der Waals surface area contributed by atoms with Gasteiger partial charge < -0.3 is 9.47 Å². The van der Waals surface area contributed by atoms with Gasteiger partial charge in [-0.3, -0.25) is 0 Å². The van der Waals surface area contributed by atoms with E-state index in [-0.39, 0.29) is 17.5 Å². The van der Waals surface area contributed by atoms with Crippen molar-refractivity contribution in [2.24, 2.45) is 0 Å². The highest BCUT2D eigenvalue weighted by molar-refractivity contribution is 5.91. The van der Waals surface area contributed by atoms with Crippen LogP contribution in [0.4, 0.5) is 0 Å². The largest absolute Gasteiger partial charge is 0.465 e. The lowest BCUT2D eigenvalue weighted by Gasteiger charge is -2.22. The minimum Gasteiger partial charge on any atom is -0.465 e. The molecule has 1 saturated heterocycles. The fourth-order valence-electron chi connectivity index (χ4n) is 1.81. The van der Waals surface area contributed by atoms with E-state index in [1.165, 1.54) is 18.0 Å². The predicted molar refractivity (Wildman–Crippen MR) is 57.1 cm³/mol. The van der Waals surface area contributed by atoms with E-state index in [1.54, 1.807) is 0 Å². The van der Waals surface area contributed by atoms with Crippen molar-refractivity contribution >= 4 is 5.97 Å². The fraction of sp³-hybridized carbons (Fsp3) is 0.545. The molecule has 0 saturated carbocycles. The second-order valence-electron chi connectivity index (χ2n) is 3.80. The van der Waals surface area contributed by atoms with Crippen LogP contribution in [0.15, 0.2) is 6.20 Å². The molecule has 0 spiro atoms. The topological polar surface area (TPSA) is 77.1 Å². The molecule has 2 heterocycles. The Hall–Kier alpha value is -1.87. The van der Waals surface area contributed by atoms with Gasteiger partial charge in [0.25, 0.3) is 0 Å². The van der Waals surface area contributed by atoms with E-state index in [2.05, 4.69) is 9.84 Å². The van der Waals surface area contributed by atoms with Crippen molar-refractivity contribution in [3.8, 4) is 6.07 Å². The average molecular weight is 235 g/mol. The summed E-state index contributed by atoms with van der Waals surface area (Å²) in [6.45, 7) is 0.681. The van der Waals surface area contributed by atoms with Crippen LogP contribution in [0.25, 0.3) is 0 Å². The standard InChI is InChI=1S/C11H13N3O3/c1-16-11(15)8-7-14(13-9(8)6-12)10-4-2-3-5-17-10/h7,10H,2-5H2,1H3. The molecule has 6 nitrogen and oxygen atoms in total. The number of nitrogens with zero attached hydrogens (tertiary/aromatic N) is 3. The highest BCUT2D eigenvalue weighted by Gasteiger charge is 2.22. The number of nitriles is 1. The Balaban J connectivity index is 2.27. The Kier molecular flexibility index (Phi) is 3.40. The molecule has 1 atom stereocenters. The second kappa shape index (κ2) is 4.97. The zero-order valence-corrected chi connectivity index (χ0v) is 9.55. The zero-order chi connectivity index (χ0) is 12.3. The Morgan fingerprint density at radius 2 is 2.53 bits per heavy atom. The number of rotatable bonds is 2. The molecule has 6 heteroatoms. The summed E-state index contributed by atoms with van der Waals surface area (Å²) in [5.41, 5.74) is 0.259. The van der Waals surface area contributed by atoms with Crippen LogP contribution in [0, 0.1) is 11.3 Å². The smallest absolute Gasteiger partial charge is 0.342 e. The summed E-state index contributed by atoms with van der Waals surface area (Å²) < 4.78 is 11.7. The van der Waals surface area contributed by atoms with Crippen LogP contribution >= 0.6 is 0 Å². The zero-order valence-electron chi connectivity index (χ0n) is 9.55. The van der Waals surface area contributed by atoms with Crippen molar-refractivity contribution in [1.29, 1.82) is 5.26 Å². The third-order valence-corrected chi connectivity index (χ3v) is 2.69. The average Bonchev–Trinajstić information content (AvgIpc) is 2.83. The number of hydrogen-bond acceptors (Lipinski definition) is 5. The normalized spacial score (nSPS) is 19.6. The second-order valence-corrected chi connectivity index (χ2v) is 3.80. The predicted octanol–water partition coefficient (Wildman–Crippen LogP) is 1.24. The third-order valence-electron chi connectivity index (χ3n) is 2.69. The lowest BCUT2D eigenvalue weighted by molar-refractivity contribution is -0.0395. The summed E-state index contributed by atoms with van der Waals surface area (Å²) in [5, 5.41) is 13.0. The monoisotopic (exact) mass is 235 g/mol. The molecule has 0 aliphatic carbocycles. The van der Waals surface area contributed by atoms with E-state index in [0.717, 1.165) is 19.3 Å². The fourth-order valence-corrected chi connectivity index (χ4v) is 1.81. The molecule has 1 aliphatic rings. The molecule has 17 heavy (non-hydrogen) atoms. The third kappa shape index (κ3) is 2.29. The van der Waals surface area contributed by atoms with Gasteiger partial charge in [-0.05, 0) is 19.3 Å². The first-order valence-corrected chi connectivity index (χ1v) is 5.45. The summed E-state index contributed by atoms with van der Waals surface area (Å²) in [6, 6.07) is 1.88. The molecule has 90 valence electrons. The van der Waals surface area contributed by atoms with Gasteiger partial charge in [-0.25, -0.2) is 9.48 Å². The minimum atomic E-state index is -0.552.